The Morgan fingerprint density at radius 1 is 1.39 bits per heavy atom. The second kappa shape index (κ2) is 5.10. The molecule has 1 aliphatic heterocycles. The lowest BCUT2D eigenvalue weighted by Gasteiger charge is -2.24. The summed E-state index contributed by atoms with van der Waals surface area (Å²) < 4.78 is -0.430. The highest BCUT2D eigenvalue weighted by Gasteiger charge is 2.43. The Morgan fingerprint density at radius 2 is 2.06 bits per heavy atom. The van der Waals surface area contributed by atoms with Crippen LogP contribution < -0.4 is 5.32 Å². The molecule has 1 aliphatic rings. The largest absolute Gasteiger partial charge is 0.360 e. The van der Waals surface area contributed by atoms with Crippen molar-refractivity contribution < 1.29 is 4.79 Å². The molecule has 96 valence electrons. The summed E-state index contributed by atoms with van der Waals surface area (Å²) in [4.78, 5) is 20.0. The summed E-state index contributed by atoms with van der Waals surface area (Å²) >= 11 is 1.52. The van der Waals surface area contributed by atoms with E-state index in [1.807, 2.05) is 32.9 Å². The van der Waals surface area contributed by atoms with Crippen molar-refractivity contribution in [1.29, 1.82) is 0 Å². The van der Waals surface area contributed by atoms with E-state index < -0.39 is 4.75 Å². The number of carbonyl (C=O) groups excluding carboxylic acids is 1. The predicted octanol–water partition coefficient (Wildman–Crippen LogP) is 2.22. The van der Waals surface area contributed by atoms with Crippen LogP contribution in [0.25, 0.3) is 0 Å². The minimum atomic E-state index is -0.430. The number of aromatic nitrogens is 1. The van der Waals surface area contributed by atoms with Crippen LogP contribution in [-0.2, 0) is 11.3 Å². The van der Waals surface area contributed by atoms with Crippen molar-refractivity contribution in [2.75, 3.05) is 0 Å². The number of amidine groups is 1. The number of rotatable bonds is 3. The number of nitrogens with one attached hydrogen (secondary N) is 1. The average Bonchev–Trinajstić information content (AvgIpc) is 2.65. The molecular weight excluding hydrogens is 246 g/mol. The summed E-state index contributed by atoms with van der Waals surface area (Å²) in [5.74, 6) is 0.221. The monoisotopic (exact) mass is 263 g/mol. The molecule has 0 spiro atoms. The molecule has 0 aliphatic carbocycles. The van der Waals surface area contributed by atoms with Gasteiger partial charge in [-0.25, -0.2) is 0 Å². The van der Waals surface area contributed by atoms with Crippen molar-refractivity contribution in [1.82, 2.24) is 10.3 Å². The molecule has 2 rings (SSSR count). The maximum Gasteiger partial charge on any atom is 0.264 e. The quantitative estimate of drug-likeness (QED) is 0.908. The first-order chi connectivity index (χ1) is 8.52. The molecule has 0 aromatic carbocycles. The topological polar surface area (TPSA) is 54.4 Å². The highest BCUT2D eigenvalue weighted by molar-refractivity contribution is 8.16. The smallest absolute Gasteiger partial charge is 0.264 e. The summed E-state index contributed by atoms with van der Waals surface area (Å²) in [6, 6.07) is 3.88. The molecule has 1 N–H and O–H groups in total. The lowest BCUT2D eigenvalue weighted by atomic mass is 9.96. The lowest BCUT2D eigenvalue weighted by Crippen LogP contribution is -2.33. The summed E-state index contributed by atoms with van der Waals surface area (Å²) in [6.07, 6.45) is 3.51. The van der Waals surface area contributed by atoms with E-state index in [1.165, 1.54) is 11.8 Å². The van der Waals surface area contributed by atoms with Crippen molar-refractivity contribution in [3.05, 3.63) is 30.1 Å². The van der Waals surface area contributed by atoms with Gasteiger partial charge in [-0.3, -0.25) is 9.78 Å². The molecule has 1 atom stereocenters. The number of amides is 1. The van der Waals surface area contributed by atoms with Gasteiger partial charge in [0.15, 0.2) is 5.17 Å². The van der Waals surface area contributed by atoms with E-state index in [9.17, 15) is 4.79 Å². The molecule has 5 heteroatoms. The molecule has 0 bridgehead atoms. The molecule has 0 saturated carbocycles. The van der Waals surface area contributed by atoms with Gasteiger partial charge in [-0.05, 0) is 30.5 Å². The Bertz CT molecular complexity index is 472. The van der Waals surface area contributed by atoms with Crippen LogP contribution >= 0.6 is 11.8 Å². The molecule has 1 aromatic rings. The van der Waals surface area contributed by atoms with Crippen LogP contribution in [0.1, 0.15) is 26.3 Å². The Kier molecular flexibility index (Phi) is 3.71. The van der Waals surface area contributed by atoms with Gasteiger partial charge in [0.05, 0.1) is 0 Å². The highest BCUT2D eigenvalue weighted by Crippen LogP contribution is 2.39. The van der Waals surface area contributed by atoms with E-state index in [0.29, 0.717) is 11.7 Å². The first-order valence-electron chi connectivity index (χ1n) is 5.97. The molecule has 2 heterocycles. The van der Waals surface area contributed by atoms with Crippen LogP contribution in [0.2, 0.25) is 0 Å². The second-order valence-electron chi connectivity index (χ2n) is 4.79. The van der Waals surface area contributed by atoms with E-state index in [2.05, 4.69) is 15.3 Å². The van der Waals surface area contributed by atoms with E-state index in [1.54, 1.807) is 12.4 Å². The van der Waals surface area contributed by atoms with Gasteiger partial charge in [0.2, 0.25) is 0 Å². The van der Waals surface area contributed by atoms with Crippen LogP contribution in [0.5, 0.6) is 0 Å². The predicted molar refractivity (Wildman–Crippen MR) is 74.4 cm³/mol. The number of carbonyl (C=O) groups is 1. The number of nitrogens with zero attached hydrogens (tertiary/aromatic N) is 2. The molecule has 4 nitrogen and oxygen atoms in total. The van der Waals surface area contributed by atoms with Gasteiger partial charge in [-0.1, -0.05) is 25.6 Å². The Hall–Kier alpha value is -1.36. The van der Waals surface area contributed by atoms with Crippen LogP contribution in [0.4, 0.5) is 0 Å². The maximum atomic E-state index is 11.9. The first-order valence-corrected chi connectivity index (χ1v) is 6.79. The van der Waals surface area contributed by atoms with Crippen molar-refractivity contribution in [2.45, 2.75) is 32.1 Å². The summed E-state index contributed by atoms with van der Waals surface area (Å²) in [5, 5.41) is 3.92. The first kappa shape index (κ1) is 13.1. The van der Waals surface area contributed by atoms with E-state index >= 15 is 0 Å². The van der Waals surface area contributed by atoms with Gasteiger partial charge in [0.1, 0.15) is 4.75 Å². The van der Waals surface area contributed by atoms with Crippen LogP contribution in [0.3, 0.4) is 0 Å². The molecule has 1 aromatic heterocycles. The lowest BCUT2D eigenvalue weighted by molar-refractivity contribution is -0.120. The van der Waals surface area contributed by atoms with Gasteiger partial charge < -0.3 is 5.32 Å². The minimum absolute atomic E-state index is 0.0419. The van der Waals surface area contributed by atoms with Crippen molar-refractivity contribution in [2.24, 2.45) is 10.9 Å². The highest BCUT2D eigenvalue weighted by atomic mass is 32.2. The molecule has 18 heavy (non-hydrogen) atoms. The Balaban J connectivity index is 1.97. The van der Waals surface area contributed by atoms with Gasteiger partial charge in [-0.2, -0.15) is 4.99 Å². The number of hydrogen-bond acceptors (Lipinski definition) is 4. The molecule has 0 fully saturated rings. The summed E-state index contributed by atoms with van der Waals surface area (Å²) in [7, 11) is 0. The molecular formula is C13H17N3OS. The van der Waals surface area contributed by atoms with Crippen molar-refractivity contribution in [3.8, 4) is 0 Å². The van der Waals surface area contributed by atoms with Crippen LogP contribution in [0, 0.1) is 5.92 Å². The number of thioether (sulfide) groups is 1. The number of aliphatic imine (C=N–C) groups is 1. The van der Waals surface area contributed by atoms with Gasteiger partial charge in [-0.15, -0.1) is 0 Å². The van der Waals surface area contributed by atoms with E-state index in [0.717, 1.165) is 5.56 Å². The standard InChI is InChI=1S/C13H17N3OS/c1-9(2)13(3)11(17)16-12(18-13)15-8-10-4-6-14-7-5-10/h4-7,9H,8H2,1-3H3,(H,15,16,17). The fourth-order valence-electron chi connectivity index (χ4n) is 1.59. The Labute approximate surface area is 111 Å². The SMILES string of the molecule is CC(C)C1(C)SC(NCc2ccncc2)=NC1=O. The van der Waals surface area contributed by atoms with E-state index in [4.69, 9.17) is 0 Å². The third-order valence-electron chi connectivity index (χ3n) is 3.23. The molecule has 1 unspecified atom stereocenters. The van der Waals surface area contributed by atoms with Gasteiger partial charge >= 0.3 is 0 Å². The van der Waals surface area contributed by atoms with Crippen LogP contribution in [-0.4, -0.2) is 20.8 Å². The normalized spacial score (nSPS) is 23.3. The van der Waals surface area contributed by atoms with Gasteiger partial charge in [0.25, 0.3) is 5.91 Å². The fourth-order valence-corrected chi connectivity index (χ4v) is 2.63. The molecule has 0 radical (unpaired) electrons. The fraction of sp³-hybridized carbons (Fsp3) is 0.462. The third-order valence-corrected chi connectivity index (χ3v) is 4.73. The second-order valence-corrected chi connectivity index (χ2v) is 6.23. The van der Waals surface area contributed by atoms with E-state index in [-0.39, 0.29) is 11.8 Å². The number of hydrogen-bond donors (Lipinski definition) is 1. The summed E-state index contributed by atoms with van der Waals surface area (Å²) in [5.41, 5.74) is 1.12. The van der Waals surface area contributed by atoms with Gasteiger partial charge in [0, 0.05) is 18.9 Å². The van der Waals surface area contributed by atoms with Crippen molar-refractivity contribution >= 4 is 22.8 Å². The molecule has 1 amide bonds. The Morgan fingerprint density at radius 3 is 2.61 bits per heavy atom. The zero-order valence-corrected chi connectivity index (χ0v) is 11.6. The van der Waals surface area contributed by atoms with Crippen LogP contribution in [0.15, 0.2) is 29.5 Å². The zero-order chi connectivity index (χ0) is 13.2. The zero-order valence-electron chi connectivity index (χ0n) is 10.8. The molecule has 0 saturated heterocycles. The average molecular weight is 263 g/mol. The summed E-state index contributed by atoms with van der Waals surface area (Å²) in [6.45, 7) is 6.71. The maximum absolute atomic E-state index is 11.9. The van der Waals surface area contributed by atoms with Crippen molar-refractivity contribution in [3.63, 3.8) is 0 Å². The number of pyridine rings is 1. The minimum Gasteiger partial charge on any atom is -0.360 e. The third kappa shape index (κ3) is 2.56.